The third-order valence-corrected chi connectivity index (χ3v) is 2.85. The molecule has 0 saturated carbocycles. The molecule has 0 aliphatic heterocycles. The Morgan fingerprint density at radius 1 is 1.42 bits per heavy atom. The molecule has 1 aromatic carbocycles. The maximum Gasteiger partial charge on any atom is 0.269 e. The van der Waals surface area contributed by atoms with E-state index in [-0.39, 0.29) is 17.6 Å². The van der Waals surface area contributed by atoms with Gasteiger partial charge in [-0.2, -0.15) is 0 Å². The highest BCUT2D eigenvalue weighted by molar-refractivity contribution is 5.76. The van der Waals surface area contributed by atoms with Crippen LogP contribution in [0.3, 0.4) is 0 Å². The summed E-state index contributed by atoms with van der Waals surface area (Å²) in [7, 11) is 0. The number of nitrogens with one attached hydrogen (secondary N) is 1. The number of rotatable bonds is 7. The van der Waals surface area contributed by atoms with Crippen molar-refractivity contribution < 1.29 is 9.72 Å². The number of non-ortho nitro benzene ring substituents is 1. The highest BCUT2D eigenvalue weighted by Gasteiger charge is 2.07. The molecular formula is C13H19N3O3. The van der Waals surface area contributed by atoms with Crippen LogP contribution in [0.4, 0.5) is 5.69 Å². The molecule has 1 aromatic rings. The van der Waals surface area contributed by atoms with Crippen molar-refractivity contribution in [3.8, 4) is 0 Å². The van der Waals surface area contributed by atoms with Crippen molar-refractivity contribution in [3.05, 3.63) is 39.9 Å². The first-order valence-corrected chi connectivity index (χ1v) is 6.28. The monoisotopic (exact) mass is 265 g/mol. The molecule has 3 N–H and O–H groups in total. The molecule has 0 aromatic heterocycles. The van der Waals surface area contributed by atoms with Gasteiger partial charge in [0.15, 0.2) is 0 Å². The Morgan fingerprint density at radius 2 is 2.05 bits per heavy atom. The van der Waals surface area contributed by atoms with Gasteiger partial charge in [0.05, 0.1) is 4.92 Å². The maximum atomic E-state index is 11.5. The third-order valence-electron chi connectivity index (χ3n) is 2.85. The summed E-state index contributed by atoms with van der Waals surface area (Å²) in [5, 5.41) is 13.3. The quantitative estimate of drug-likeness (QED) is 0.574. The Kier molecular flexibility index (Phi) is 5.95. The summed E-state index contributed by atoms with van der Waals surface area (Å²) in [4.78, 5) is 21.5. The van der Waals surface area contributed by atoms with Crippen LogP contribution in [0, 0.1) is 10.1 Å². The molecule has 104 valence electrons. The van der Waals surface area contributed by atoms with Gasteiger partial charge >= 0.3 is 0 Å². The van der Waals surface area contributed by atoms with E-state index in [2.05, 4.69) is 5.32 Å². The first-order valence-electron chi connectivity index (χ1n) is 6.28. The molecule has 19 heavy (non-hydrogen) atoms. The number of nitrogens with two attached hydrogens (primary N) is 1. The molecule has 1 atom stereocenters. The minimum absolute atomic E-state index is 0.0590. The van der Waals surface area contributed by atoms with E-state index in [0.717, 1.165) is 12.0 Å². The van der Waals surface area contributed by atoms with Crippen molar-refractivity contribution in [1.29, 1.82) is 0 Å². The molecule has 0 aliphatic carbocycles. The smallest absolute Gasteiger partial charge is 0.269 e. The molecule has 6 heteroatoms. The summed E-state index contributed by atoms with van der Waals surface area (Å²) in [5.41, 5.74) is 6.70. The van der Waals surface area contributed by atoms with Crippen LogP contribution >= 0.6 is 0 Å². The highest BCUT2D eigenvalue weighted by Crippen LogP contribution is 2.11. The average Bonchev–Trinajstić information content (AvgIpc) is 2.39. The number of benzene rings is 1. The number of nitro benzene ring substituents is 1. The number of hydrogen-bond acceptors (Lipinski definition) is 4. The Balaban J connectivity index is 2.33. The number of amides is 1. The first-order chi connectivity index (χ1) is 9.02. The molecule has 0 bridgehead atoms. The SMILES string of the molecule is CCC(N)CC(=O)NCCc1ccc([N+](=O)[O-])cc1. The van der Waals surface area contributed by atoms with Crippen LogP contribution < -0.4 is 11.1 Å². The lowest BCUT2D eigenvalue weighted by Crippen LogP contribution is -2.32. The van der Waals surface area contributed by atoms with Crippen LogP contribution in [0.15, 0.2) is 24.3 Å². The minimum Gasteiger partial charge on any atom is -0.356 e. The normalized spacial score (nSPS) is 11.9. The number of nitro groups is 1. The summed E-state index contributed by atoms with van der Waals surface area (Å²) in [5.74, 6) is -0.0590. The third kappa shape index (κ3) is 5.48. The first kappa shape index (κ1) is 15.1. The van der Waals surface area contributed by atoms with E-state index in [1.54, 1.807) is 12.1 Å². The van der Waals surface area contributed by atoms with Gasteiger partial charge in [0.1, 0.15) is 0 Å². The maximum absolute atomic E-state index is 11.5. The second-order valence-electron chi connectivity index (χ2n) is 4.40. The van der Waals surface area contributed by atoms with Gasteiger partial charge < -0.3 is 11.1 Å². The van der Waals surface area contributed by atoms with Crippen LogP contribution in [0.5, 0.6) is 0 Å². The van der Waals surface area contributed by atoms with Gasteiger partial charge in [-0.15, -0.1) is 0 Å². The van der Waals surface area contributed by atoms with E-state index in [9.17, 15) is 14.9 Å². The van der Waals surface area contributed by atoms with Crippen molar-refractivity contribution in [3.63, 3.8) is 0 Å². The molecule has 1 rings (SSSR count). The highest BCUT2D eigenvalue weighted by atomic mass is 16.6. The predicted octanol–water partition coefficient (Wildman–Crippen LogP) is 1.38. The largest absolute Gasteiger partial charge is 0.356 e. The fourth-order valence-electron chi connectivity index (χ4n) is 1.59. The molecule has 0 fully saturated rings. The number of hydrogen-bond donors (Lipinski definition) is 2. The van der Waals surface area contributed by atoms with Gasteiger partial charge in [-0.25, -0.2) is 0 Å². The van der Waals surface area contributed by atoms with Gasteiger partial charge in [-0.1, -0.05) is 19.1 Å². The predicted molar refractivity (Wildman–Crippen MR) is 72.7 cm³/mol. The van der Waals surface area contributed by atoms with Crippen LogP contribution in [0.25, 0.3) is 0 Å². The minimum atomic E-state index is -0.433. The molecule has 0 spiro atoms. The van der Waals surface area contributed by atoms with E-state index in [1.807, 2.05) is 6.92 Å². The standard InChI is InChI=1S/C13H19N3O3/c1-2-11(14)9-13(17)15-8-7-10-3-5-12(6-4-10)16(18)19/h3-6,11H,2,7-9,14H2,1H3,(H,15,17). The van der Waals surface area contributed by atoms with Gasteiger partial charge in [-0.05, 0) is 18.4 Å². The molecule has 0 heterocycles. The van der Waals surface area contributed by atoms with Gasteiger partial charge in [0, 0.05) is 31.1 Å². The topological polar surface area (TPSA) is 98.3 Å². The summed E-state index contributed by atoms with van der Waals surface area (Å²) in [6.07, 6.45) is 1.75. The number of nitrogens with zero attached hydrogens (tertiary/aromatic N) is 1. The van der Waals surface area contributed by atoms with E-state index in [1.165, 1.54) is 12.1 Å². The van der Waals surface area contributed by atoms with Crippen LogP contribution in [0.1, 0.15) is 25.3 Å². The van der Waals surface area contributed by atoms with Crippen LogP contribution in [0.2, 0.25) is 0 Å². The van der Waals surface area contributed by atoms with Crippen molar-refractivity contribution in [2.75, 3.05) is 6.54 Å². The Labute approximate surface area is 112 Å². The Hall–Kier alpha value is -1.95. The Morgan fingerprint density at radius 3 is 2.58 bits per heavy atom. The lowest BCUT2D eigenvalue weighted by molar-refractivity contribution is -0.384. The summed E-state index contributed by atoms with van der Waals surface area (Å²) < 4.78 is 0. The van der Waals surface area contributed by atoms with Crippen molar-refractivity contribution in [2.45, 2.75) is 32.2 Å². The van der Waals surface area contributed by atoms with E-state index >= 15 is 0 Å². The fraction of sp³-hybridized carbons (Fsp3) is 0.462. The zero-order chi connectivity index (χ0) is 14.3. The molecule has 6 nitrogen and oxygen atoms in total. The zero-order valence-corrected chi connectivity index (χ0v) is 11.0. The molecule has 0 radical (unpaired) electrons. The molecule has 0 aliphatic rings. The molecule has 0 saturated heterocycles. The fourth-order valence-corrected chi connectivity index (χ4v) is 1.59. The van der Waals surface area contributed by atoms with Crippen molar-refractivity contribution in [2.24, 2.45) is 5.73 Å². The molecular weight excluding hydrogens is 246 g/mol. The molecule has 1 unspecified atom stereocenters. The van der Waals surface area contributed by atoms with Gasteiger partial charge in [-0.3, -0.25) is 14.9 Å². The van der Waals surface area contributed by atoms with Gasteiger partial charge in [0.25, 0.3) is 5.69 Å². The lowest BCUT2D eigenvalue weighted by Gasteiger charge is -2.09. The second-order valence-corrected chi connectivity index (χ2v) is 4.40. The lowest BCUT2D eigenvalue weighted by atomic mass is 10.1. The average molecular weight is 265 g/mol. The Bertz CT molecular complexity index is 431. The summed E-state index contributed by atoms with van der Waals surface area (Å²) in [6.45, 7) is 2.45. The van der Waals surface area contributed by atoms with E-state index in [4.69, 9.17) is 5.73 Å². The van der Waals surface area contributed by atoms with E-state index < -0.39 is 4.92 Å². The summed E-state index contributed by atoms with van der Waals surface area (Å²) >= 11 is 0. The molecule has 1 amide bonds. The number of carbonyl (C=O) groups excluding carboxylic acids is 1. The van der Waals surface area contributed by atoms with Crippen LogP contribution in [-0.4, -0.2) is 23.4 Å². The second kappa shape index (κ2) is 7.48. The van der Waals surface area contributed by atoms with Crippen molar-refractivity contribution >= 4 is 11.6 Å². The van der Waals surface area contributed by atoms with Gasteiger partial charge in [0.2, 0.25) is 5.91 Å². The number of carbonyl (C=O) groups is 1. The van der Waals surface area contributed by atoms with Crippen molar-refractivity contribution in [1.82, 2.24) is 5.32 Å². The summed E-state index contributed by atoms with van der Waals surface area (Å²) in [6, 6.07) is 6.22. The van der Waals surface area contributed by atoms with E-state index in [0.29, 0.717) is 19.4 Å². The van der Waals surface area contributed by atoms with Crippen LogP contribution in [-0.2, 0) is 11.2 Å². The zero-order valence-electron chi connectivity index (χ0n) is 11.0.